The summed E-state index contributed by atoms with van der Waals surface area (Å²) in [5, 5.41) is 4.05. The lowest BCUT2D eigenvalue weighted by Crippen LogP contribution is -2.05. The second-order valence-electron chi connectivity index (χ2n) is 4.90. The molecule has 0 amide bonds. The van der Waals surface area contributed by atoms with Crippen molar-refractivity contribution in [3.63, 3.8) is 0 Å². The first kappa shape index (κ1) is 13.0. The highest BCUT2D eigenvalue weighted by molar-refractivity contribution is 5.71. The summed E-state index contributed by atoms with van der Waals surface area (Å²) in [5.41, 5.74) is 8.33. The lowest BCUT2D eigenvalue weighted by atomic mass is 10.0. The van der Waals surface area contributed by atoms with Crippen molar-refractivity contribution in [2.75, 3.05) is 6.61 Å². The number of hydrogen-bond acceptors (Lipinski definition) is 5. The maximum atomic E-state index is 5.80. The number of nitrogens with two attached hydrogens (primary N) is 1. The Labute approximate surface area is 117 Å². The molecule has 20 heavy (non-hydrogen) atoms. The molecule has 0 saturated heterocycles. The second-order valence-corrected chi connectivity index (χ2v) is 4.90. The summed E-state index contributed by atoms with van der Waals surface area (Å²) < 4.78 is 16.7. The van der Waals surface area contributed by atoms with E-state index in [1.807, 2.05) is 25.1 Å². The topological polar surface area (TPSA) is 70.5 Å². The van der Waals surface area contributed by atoms with E-state index in [1.54, 1.807) is 0 Å². The van der Waals surface area contributed by atoms with Crippen LogP contribution in [0.15, 0.2) is 22.7 Å². The fraction of sp³-hybridized carbons (Fsp3) is 0.400. The molecule has 0 aliphatic carbocycles. The summed E-state index contributed by atoms with van der Waals surface area (Å²) >= 11 is 0. The van der Waals surface area contributed by atoms with Gasteiger partial charge in [-0.25, -0.2) is 0 Å². The van der Waals surface area contributed by atoms with Gasteiger partial charge in [-0.2, -0.15) is 0 Å². The number of aromatic nitrogens is 1. The maximum Gasteiger partial charge on any atom is 0.150 e. The molecule has 0 fully saturated rings. The molecule has 106 valence electrons. The van der Waals surface area contributed by atoms with E-state index in [1.165, 1.54) is 5.56 Å². The van der Waals surface area contributed by atoms with Gasteiger partial charge in [0.15, 0.2) is 5.76 Å². The first-order valence-electron chi connectivity index (χ1n) is 6.83. The first-order valence-corrected chi connectivity index (χ1v) is 6.83. The number of rotatable bonds is 4. The molecule has 2 heterocycles. The molecule has 1 atom stereocenters. The summed E-state index contributed by atoms with van der Waals surface area (Å²) in [5.74, 6) is 2.35. The zero-order chi connectivity index (χ0) is 14.1. The minimum Gasteiger partial charge on any atom is -0.493 e. The maximum absolute atomic E-state index is 5.80. The number of fused-ring (bicyclic) bond motifs is 1. The van der Waals surface area contributed by atoms with Crippen molar-refractivity contribution in [3.8, 4) is 22.8 Å². The molecule has 0 saturated carbocycles. The molecule has 2 aromatic rings. The van der Waals surface area contributed by atoms with Gasteiger partial charge in [-0.05, 0) is 26.0 Å². The van der Waals surface area contributed by atoms with Crippen LogP contribution in [0.5, 0.6) is 11.5 Å². The van der Waals surface area contributed by atoms with E-state index in [0.29, 0.717) is 18.9 Å². The van der Waals surface area contributed by atoms with Gasteiger partial charge in [-0.1, -0.05) is 5.16 Å². The number of benzene rings is 1. The van der Waals surface area contributed by atoms with Crippen LogP contribution in [0.1, 0.15) is 25.2 Å². The van der Waals surface area contributed by atoms with Gasteiger partial charge in [0.2, 0.25) is 0 Å². The molecule has 1 aromatic heterocycles. The molecule has 1 aliphatic heterocycles. The summed E-state index contributed by atoms with van der Waals surface area (Å²) in [6, 6.07) is 5.85. The van der Waals surface area contributed by atoms with E-state index in [9.17, 15) is 0 Å². The first-order chi connectivity index (χ1) is 9.71. The lowest BCUT2D eigenvalue weighted by molar-refractivity contribution is 0.254. The summed E-state index contributed by atoms with van der Waals surface area (Å²) in [7, 11) is 0. The molecular weight excluding hydrogens is 256 g/mol. The van der Waals surface area contributed by atoms with Crippen molar-refractivity contribution < 1.29 is 14.0 Å². The van der Waals surface area contributed by atoms with Gasteiger partial charge in [0, 0.05) is 23.6 Å². The number of nitrogens with zero attached hydrogens (tertiary/aromatic N) is 1. The van der Waals surface area contributed by atoms with Gasteiger partial charge in [0.1, 0.15) is 23.3 Å². The molecule has 1 aliphatic rings. The quantitative estimate of drug-likeness (QED) is 0.927. The van der Waals surface area contributed by atoms with E-state index < -0.39 is 0 Å². The average molecular weight is 274 g/mol. The van der Waals surface area contributed by atoms with E-state index in [2.05, 4.69) is 12.1 Å². The third kappa shape index (κ3) is 2.25. The zero-order valence-corrected chi connectivity index (χ0v) is 11.7. The monoisotopic (exact) mass is 274 g/mol. The smallest absolute Gasteiger partial charge is 0.150 e. The Balaban J connectivity index is 2.06. The van der Waals surface area contributed by atoms with Crippen LogP contribution in [-0.2, 0) is 13.0 Å². The molecule has 1 aromatic carbocycles. The molecule has 1 unspecified atom stereocenters. The molecular formula is C15H18N2O3. The third-order valence-electron chi connectivity index (χ3n) is 3.33. The van der Waals surface area contributed by atoms with Gasteiger partial charge in [-0.15, -0.1) is 0 Å². The Morgan fingerprint density at radius 3 is 2.95 bits per heavy atom. The van der Waals surface area contributed by atoms with Gasteiger partial charge in [0.05, 0.1) is 13.2 Å². The molecule has 0 bridgehead atoms. The SMILES string of the molecule is CCOc1cc2c(cc1-c1cc(CN)on1)OC(C)C2. The Morgan fingerprint density at radius 2 is 2.25 bits per heavy atom. The highest BCUT2D eigenvalue weighted by Crippen LogP contribution is 2.39. The van der Waals surface area contributed by atoms with Crippen molar-refractivity contribution in [2.24, 2.45) is 5.73 Å². The Hall–Kier alpha value is -2.01. The van der Waals surface area contributed by atoms with Crippen LogP contribution >= 0.6 is 0 Å². The van der Waals surface area contributed by atoms with Crippen LogP contribution in [0.4, 0.5) is 0 Å². The molecule has 0 spiro atoms. The van der Waals surface area contributed by atoms with Crippen molar-refractivity contribution in [2.45, 2.75) is 32.9 Å². The Bertz CT molecular complexity index is 622. The van der Waals surface area contributed by atoms with E-state index >= 15 is 0 Å². The minimum atomic E-state index is 0.201. The van der Waals surface area contributed by atoms with Gasteiger partial charge < -0.3 is 19.7 Å². The predicted molar refractivity (Wildman–Crippen MR) is 74.8 cm³/mol. The minimum absolute atomic E-state index is 0.201. The van der Waals surface area contributed by atoms with Crippen LogP contribution in [0.2, 0.25) is 0 Å². The Kier molecular flexibility index (Phi) is 3.36. The van der Waals surface area contributed by atoms with Crippen molar-refractivity contribution >= 4 is 0 Å². The third-order valence-corrected chi connectivity index (χ3v) is 3.33. The molecule has 3 rings (SSSR count). The van der Waals surface area contributed by atoms with Crippen LogP contribution in [-0.4, -0.2) is 17.9 Å². The Morgan fingerprint density at radius 1 is 1.40 bits per heavy atom. The predicted octanol–water partition coefficient (Wildman–Crippen LogP) is 2.52. The molecule has 5 nitrogen and oxygen atoms in total. The fourth-order valence-corrected chi connectivity index (χ4v) is 2.45. The largest absolute Gasteiger partial charge is 0.493 e. The van der Waals surface area contributed by atoms with E-state index in [-0.39, 0.29) is 6.10 Å². The summed E-state index contributed by atoms with van der Waals surface area (Å²) in [6.07, 6.45) is 1.11. The normalized spacial score (nSPS) is 16.9. The fourth-order valence-electron chi connectivity index (χ4n) is 2.45. The van der Waals surface area contributed by atoms with Crippen LogP contribution in [0.25, 0.3) is 11.3 Å². The highest BCUT2D eigenvalue weighted by atomic mass is 16.5. The van der Waals surface area contributed by atoms with Crippen LogP contribution in [0, 0.1) is 0 Å². The van der Waals surface area contributed by atoms with Gasteiger partial charge >= 0.3 is 0 Å². The number of ether oxygens (including phenoxy) is 2. The van der Waals surface area contributed by atoms with Crippen LogP contribution < -0.4 is 15.2 Å². The zero-order valence-electron chi connectivity index (χ0n) is 11.7. The second kappa shape index (κ2) is 5.17. The van der Waals surface area contributed by atoms with E-state index in [0.717, 1.165) is 29.2 Å². The van der Waals surface area contributed by atoms with E-state index in [4.69, 9.17) is 19.7 Å². The number of hydrogen-bond donors (Lipinski definition) is 1. The van der Waals surface area contributed by atoms with Crippen molar-refractivity contribution in [1.29, 1.82) is 0 Å². The molecule has 5 heteroatoms. The summed E-state index contributed by atoms with van der Waals surface area (Å²) in [4.78, 5) is 0. The standard InChI is InChI=1S/C15H18N2O3/c1-3-18-15-5-10-4-9(2)19-14(10)7-12(15)13-6-11(8-16)20-17-13/h5-7,9H,3-4,8,16H2,1-2H3. The highest BCUT2D eigenvalue weighted by Gasteiger charge is 2.23. The molecule has 0 radical (unpaired) electrons. The summed E-state index contributed by atoms with van der Waals surface area (Å²) in [6.45, 7) is 4.95. The van der Waals surface area contributed by atoms with Gasteiger partial charge in [-0.3, -0.25) is 0 Å². The van der Waals surface area contributed by atoms with Crippen molar-refractivity contribution in [3.05, 3.63) is 29.5 Å². The lowest BCUT2D eigenvalue weighted by Gasteiger charge is -2.10. The average Bonchev–Trinajstić information content (AvgIpc) is 3.03. The van der Waals surface area contributed by atoms with Crippen LogP contribution in [0.3, 0.4) is 0 Å². The van der Waals surface area contributed by atoms with Crippen molar-refractivity contribution in [1.82, 2.24) is 5.16 Å². The molecule has 2 N–H and O–H groups in total. The van der Waals surface area contributed by atoms with Gasteiger partial charge in [0.25, 0.3) is 0 Å².